The maximum Gasteiger partial charge on any atom is 0.293 e. The molecule has 0 aliphatic rings. The SMILES string of the molecule is CC(C)[C@H](C)[NH2+]CC(=O)NNC(=O)c1ccc(Br)cc1. The van der Waals surface area contributed by atoms with Gasteiger partial charge in [-0.25, -0.2) is 0 Å². The minimum Gasteiger partial charge on any atom is -0.336 e. The minimum atomic E-state index is -0.331. The highest BCUT2D eigenvalue weighted by molar-refractivity contribution is 9.10. The molecule has 0 saturated heterocycles. The molecule has 0 radical (unpaired) electrons. The fraction of sp³-hybridized carbons (Fsp3) is 0.429. The molecule has 0 saturated carbocycles. The molecule has 0 fully saturated rings. The van der Waals surface area contributed by atoms with Gasteiger partial charge in [-0.15, -0.1) is 0 Å². The van der Waals surface area contributed by atoms with Gasteiger partial charge < -0.3 is 5.32 Å². The molecule has 2 amide bonds. The Kier molecular flexibility index (Phi) is 6.67. The molecule has 1 aromatic carbocycles. The Morgan fingerprint density at radius 3 is 2.30 bits per heavy atom. The van der Waals surface area contributed by atoms with Crippen LogP contribution in [0.2, 0.25) is 0 Å². The number of nitrogens with two attached hydrogens (primary N) is 1. The second kappa shape index (κ2) is 8.01. The predicted octanol–water partition coefficient (Wildman–Crippen LogP) is 0.818. The summed E-state index contributed by atoms with van der Waals surface area (Å²) in [6.07, 6.45) is 0. The number of hydrogen-bond acceptors (Lipinski definition) is 2. The molecule has 1 atom stereocenters. The summed E-state index contributed by atoms with van der Waals surface area (Å²) in [6, 6.07) is 7.27. The van der Waals surface area contributed by atoms with Crippen molar-refractivity contribution in [2.24, 2.45) is 5.92 Å². The number of carbonyl (C=O) groups excluding carboxylic acids is 2. The fourth-order valence-corrected chi connectivity index (χ4v) is 1.68. The number of quaternary nitrogens is 1. The van der Waals surface area contributed by atoms with E-state index in [0.717, 1.165) is 4.47 Å². The summed E-state index contributed by atoms with van der Waals surface area (Å²) in [4.78, 5) is 23.4. The molecule has 20 heavy (non-hydrogen) atoms. The molecule has 0 aromatic heterocycles. The van der Waals surface area contributed by atoms with Crippen LogP contribution in [0.4, 0.5) is 0 Å². The quantitative estimate of drug-likeness (QED) is 0.693. The van der Waals surface area contributed by atoms with Crippen molar-refractivity contribution in [3.8, 4) is 0 Å². The highest BCUT2D eigenvalue weighted by atomic mass is 79.9. The highest BCUT2D eigenvalue weighted by Gasteiger charge is 2.13. The number of hydrogen-bond donors (Lipinski definition) is 3. The Morgan fingerprint density at radius 1 is 1.15 bits per heavy atom. The average Bonchev–Trinajstić information content (AvgIpc) is 2.42. The van der Waals surface area contributed by atoms with Crippen LogP contribution in [0.25, 0.3) is 0 Å². The molecular formula is C14H21BrN3O2+. The molecule has 1 aromatic rings. The first-order valence-electron chi connectivity index (χ1n) is 6.58. The summed E-state index contributed by atoms with van der Waals surface area (Å²) < 4.78 is 0.898. The van der Waals surface area contributed by atoms with E-state index in [0.29, 0.717) is 24.1 Å². The van der Waals surface area contributed by atoms with E-state index in [-0.39, 0.29) is 11.8 Å². The molecule has 0 aliphatic carbocycles. The van der Waals surface area contributed by atoms with Crippen LogP contribution in [0.15, 0.2) is 28.7 Å². The van der Waals surface area contributed by atoms with Gasteiger partial charge in [0, 0.05) is 16.0 Å². The number of carbonyl (C=O) groups is 2. The van der Waals surface area contributed by atoms with E-state index in [1.54, 1.807) is 24.3 Å². The van der Waals surface area contributed by atoms with Crippen LogP contribution in [-0.2, 0) is 4.79 Å². The third kappa shape index (κ3) is 5.71. The molecule has 6 heteroatoms. The molecule has 0 heterocycles. The molecule has 0 bridgehead atoms. The predicted molar refractivity (Wildman–Crippen MR) is 80.8 cm³/mol. The van der Waals surface area contributed by atoms with Gasteiger partial charge in [0.25, 0.3) is 11.8 Å². The number of halogens is 1. The van der Waals surface area contributed by atoms with Gasteiger partial charge in [0.2, 0.25) is 0 Å². The zero-order chi connectivity index (χ0) is 15.1. The van der Waals surface area contributed by atoms with E-state index < -0.39 is 0 Å². The second-order valence-electron chi connectivity index (χ2n) is 5.05. The Morgan fingerprint density at radius 2 is 1.75 bits per heavy atom. The van der Waals surface area contributed by atoms with Crippen molar-refractivity contribution in [3.63, 3.8) is 0 Å². The lowest BCUT2D eigenvalue weighted by Gasteiger charge is -2.14. The van der Waals surface area contributed by atoms with E-state index in [1.807, 2.05) is 5.32 Å². The summed E-state index contributed by atoms with van der Waals surface area (Å²) in [5, 5.41) is 1.95. The summed E-state index contributed by atoms with van der Waals surface area (Å²) in [7, 11) is 0. The van der Waals surface area contributed by atoms with Crippen LogP contribution in [0.5, 0.6) is 0 Å². The Hall–Kier alpha value is -1.40. The average molecular weight is 343 g/mol. The zero-order valence-electron chi connectivity index (χ0n) is 11.9. The largest absolute Gasteiger partial charge is 0.336 e. The Labute approximate surface area is 127 Å². The number of rotatable bonds is 5. The van der Waals surface area contributed by atoms with Crippen LogP contribution >= 0.6 is 15.9 Å². The lowest BCUT2D eigenvalue weighted by atomic mass is 10.1. The molecule has 0 unspecified atom stereocenters. The smallest absolute Gasteiger partial charge is 0.293 e. The summed E-state index contributed by atoms with van der Waals surface area (Å²) in [6.45, 7) is 6.57. The number of benzene rings is 1. The van der Waals surface area contributed by atoms with Gasteiger partial charge in [-0.1, -0.05) is 29.8 Å². The lowest BCUT2D eigenvalue weighted by Crippen LogP contribution is -2.92. The van der Waals surface area contributed by atoms with Gasteiger partial charge in [-0.05, 0) is 31.2 Å². The van der Waals surface area contributed by atoms with Crippen LogP contribution in [0.1, 0.15) is 31.1 Å². The van der Waals surface area contributed by atoms with Crippen molar-refractivity contribution in [1.29, 1.82) is 0 Å². The molecule has 0 spiro atoms. The topological polar surface area (TPSA) is 74.8 Å². The van der Waals surface area contributed by atoms with Gasteiger partial charge in [0.05, 0.1) is 6.04 Å². The first kappa shape index (κ1) is 16.7. The van der Waals surface area contributed by atoms with Gasteiger partial charge in [-0.2, -0.15) is 0 Å². The highest BCUT2D eigenvalue weighted by Crippen LogP contribution is 2.09. The first-order chi connectivity index (χ1) is 9.40. The third-order valence-electron chi connectivity index (χ3n) is 3.15. The zero-order valence-corrected chi connectivity index (χ0v) is 13.5. The molecule has 4 N–H and O–H groups in total. The Balaban J connectivity index is 2.34. The van der Waals surface area contributed by atoms with Crippen LogP contribution < -0.4 is 16.2 Å². The van der Waals surface area contributed by atoms with Gasteiger partial charge in [0.15, 0.2) is 6.54 Å². The van der Waals surface area contributed by atoms with Crippen LogP contribution in [0.3, 0.4) is 0 Å². The molecule has 5 nitrogen and oxygen atoms in total. The van der Waals surface area contributed by atoms with E-state index in [4.69, 9.17) is 0 Å². The van der Waals surface area contributed by atoms with Crippen molar-refractivity contribution in [3.05, 3.63) is 34.3 Å². The maximum absolute atomic E-state index is 11.8. The fourth-order valence-electron chi connectivity index (χ4n) is 1.42. The van der Waals surface area contributed by atoms with Crippen molar-refractivity contribution < 1.29 is 14.9 Å². The normalized spacial score (nSPS) is 12.1. The van der Waals surface area contributed by atoms with Crippen molar-refractivity contribution in [1.82, 2.24) is 10.9 Å². The van der Waals surface area contributed by atoms with E-state index in [9.17, 15) is 9.59 Å². The minimum absolute atomic E-state index is 0.219. The molecule has 110 valence electrons. The summed E-state index contributed by atoms with van der Waals surface area (Å²) in [5.41, 5.74) is 5.30. The molecular weight excluding hydrogens is 322 g/mol. The summed E-state index contributed by atoms with van der Waals surface area (Å²) >= 11 is 3.30. The van der Waals surface area contributed by atoms with Crippen molar-refractivity contribution >= 4 is 27.7 Å². The van der Waals surface area contributed by atoms with Gasteiger partial charge >= 0.3 is 0 Å². The van der Waals surface area contributed by atoms with Gasteiger partial charge in [-0.3, -0.25) is 20.4 Å². The number of hydrazine groups is 1. The van der Waals surface area contributed by atoms with Gasteiger partial charge in [0.1, 0.15) is 0 Å². The van der Waals surface area contributed by atoms with Crippen molar-refractivity contribution in [2.45, 2.75) is 26.8 Å². The van der Waals surface area contributed by atoms with E-state index in [2.05, 4.69) is 47.6 Å². The molecule has 1 rings (SSSR count). The third-order valence-corrected chi connectivity index (χ3v) is 3.68. The maximum atomic E-state index is 11.8. The number of amides is 2. The van der Waals surface area contributed by atoms with Crippen molar-refractivity contribution in [2.75, 3.05) is 6.54 Å². The lowest BCUT2D eigenvalue weighted by molar-refractivity contribution is -0.681. The standard InChI is InChI=1S/C14H20BrN3O2/c1-9(2)10(3)16-8-13(19)17-18-14(20)11-4-6-12(15)7-5-11/h4-7,9-10,16H,8H2,1-3H3,(H,17,19)(H,18,20)/p+1/t10-/m0/s1. The monoisotopic (exact) mass is 342 g/mol. The summed E-state index contributed by atoms with van der Waals surface area (Å²) in [5.74, 6) is -0.0501. The van der Waals surface area contributed by atoms with E-state index in [1.165, 1.54) is 0 Å². The second-order valence-corrected chi connectivity index (χ2v) is 5.97. The Bertz CT molecular complexity index is 460. The van der Waals surface area contributed by atoms with Crippen LogP contribution in [-0.4, -0.2) is 24.4 Å². The van der Waals surface area contributed by atoms with Crippen LogP contribution in [0, 0.1) is 5.92 Å². The first-order valence-corrected chi connectivity index (χ1v) is 7.37. The molecule has 0 aliphatic heterocycles. The number of nitrogens with one attached hydrogen (secondary N) is 2. The van der Waals surface area contributed by atoms with E-state index >= 15 is 0 Å².